The quantitative estimate of drug-likeness (QED) is 0.787. The Bertz CT molecular complexity index is 433. The van der Waals surface area contributed by atoms with E-state index in [-0.39, 0.29) is 5.56 Å². The van der Waals surface area contributed by atoms with Crippen LogP contribution >= 0.6 is 0 Å². The summed E-state index contributed by atoms with van der Waals surface area (Å²) in [6.07, 6.45) is 5.79. The lowest BCUT2D eigenvalue weighted by Crippen LogP contribution is -2.07. The molecule has 2 N–H and O–H groups in total. The first kappa shape index (κ1) is 11.6. The third-order valence-electron chi connectivity index (χ3n) is 2.88. The summed E-state index contributed by atoms with van der Waals surface area (Å²) in [5.74, 6) is -0.918. The van der Waals surface area contributed by atoms with Crippen molar-refractivity contribution < 1.29 is 9.90 Å². The maximum absolute atomic E-state index is 10.8. The monoisotopic (exact) mass is 232 g/mol. The number of carbonyl (C=O) groups is 1. The first-order valence-electron chi connectivity index (χ1n) is 5.90. The SMILES string of the molecule is O=C(O)c1cccc(NN=C2CCCCC2)c1. The molecule has 1 saturated carbocycles. The maximum atomic E-state index is 10.8. The van der Waals surface area contributed by atoms with E-state index in [4.69, 9.17) is 5.11 Å². The van der Waals surface area contributed by atoms with Crippen molar-refractivity contribution in [1.29, 1.82) is 0 Å². The molecule has 0 heterocycles. The Balaban J connectivity index is 2.03. The van der Waals surface area contributed by atoms with Crippen molar-refractivity contribution in [3.8, 4) is 0 Å². The van der Waals surface area contributed by atoms with Crippen molar-refractivity contribution in [1.82, 2.24) is 0 Å². The van der Waals surface area contributed by atoms with E-state index in [9.17, 15) is 4.79 Å². The van der Waals surface area contributed by atoms with Gasteiger partial charge in [0, 0.05) is 5.71 Å². The minimum absolute atomic E-state index is 0.277. The smallest absolute Gasteiger partial charge is 0.335 e. The van der Waals surface area contributed by atoms with Gasteiger partial charge in [-0.05, 0) is 43.9 Å². The summed E-state index contributed by atoms with van der Waals surface area (Å²) < 4.78 is 0. The van der Waals surface area contributed by atoms with Crippen LogP contribution in [0.1, 0.15) is 42.5 Å². The molecule has 0 radical (unpaired) electrons. The minimum Gasteiger partial charge on any atom is -0.478 e. The molecule has 1 aromatic carbocycles. The molecule has 0 aliphatic heterocycles. The number of nitrogens with one attached hydrogen (secondary N) is 1. The van der Waals surface area contributed by atoms with Gasteiger partial charge in [-0.15, -0.1) is 0 Å². The molecule has 4 nitrogen and oxygen atoms in total. The van der Waals surface area contributed by atoms with Crippen LogP contribution in [0.3, 0.4) is 0 Å². The van der Waals surface area contributed by atoms with Gasteiger partial charge in [-0.3, -0.25) is 5.43 Å². The van der Waals surface area contributed by atoms with E-state index in [1.807, 2.05) is 6.07 Å². The lowest BCUT2D eigenvalue weighted by Gasteiger charge is -2.12. The van der Waals surface area contributed by atoms with E-state index in [2.05, 4.69) is 10.5 Å². The van der Waals surface area contributed by atoms with Gasteiger partial charge in [-0.2, -0.15) is 5.10 Å². The van der Waals surface area contributed by atoms with Gasteiger partial charge in [0.1, 0.15) is 0 Å². The topological polar surface area (TPSA) is 61.7 Å². The van der Waals surface area contributed by atoms with Crippen LogP contribution in [-0.2, 0) is 0 Å². The van der Waals surface area contributed by atoms with Crippen LogP contribution in [0, 0.1) is 0 Å². The average molecular weight is 232 g/mol. The van der Waals surface area contributed by atoms with Gasteiger partial charge in [0.2, 0.25) is 0 Å². The Kier molecular flexibility index (Phi) is 3.75. The van der Waals surface area contributed by atoms with Gasteiger partial charge in [-0.25, -0.2) is 4.79 Å². The normalized spacial score (nSPS) is 15.4. The van der Waals surface area contributed by atoms with Gasteiger partial charge >= 0.3 is 5.97 Å². The summed E-state index contributed by atoms with van der Waals surface area (Å²) >= 11 is 0. The fourth-order valence-electron chi connectivity index (χ4n) is 1.94. The van der Waals surface area contributed by atoms with Crippen LogP contribution in [-0.4, -0.2) is 16.8 Å². The number of carboxylic acid groups (broad SMARTS) is 1. The van der Waals surface area contributed by atoms with E-state index >= 15 is 0 Å². The van der Waals surface area contributed by atoms with Crippen LogP contribution in [0.15, 0.2) is 29.4 Å². The third kappa shape index (κ3) is 3.31. The molecule has 0 amide bonds. The summed E-state index contributed by atoms with van der Waals surface area (Å²) in [4.78, 5) is 10.8. The lowest BCUT2D eigenvalue weighted by molar-refractivity contribution is 0.0697. The molecule has 1 aliphatic rings. The Morgan fingerprint density at radius 3 is 2.71 bits per heavy atom. The predicted molar refractivity (Wildman–Crippen MR) is 67.5 cm³/mol. The fraction of sp³-hybridized carbons (Fsp3) is 0.385. The molecule has 17 heavy (non-hydrogen) atoms. The van der Waals surface area contributed by atoms with Crippen molar-refractivity contribution >= 4 is 17.4 Å². The zero-order valence-corrected chi connectivity index (χ0v) is 9.65. The van der Waals surface area contributed by atoms with Crippen molar-refractivity contribution in [2.75, 3.05) is 5.43 Å². The van der Waals surface area contributed by atoms with Crippen LogP contribution in [0.2, 0.25) is 0 Å². The second kappa shape index (κ2) is 5.48. The first-order chi connectivity index (χ1) is 8.25. The summed E-state index contributed by atoms with van der Waals surface area (Å²) in [7, 11) is 0. The Morgan fingerprint density at radius 2 is 2.00 bits per heavy atom. The predicted octanol–water partition coefficient (Wildman–Crippen LogP) is 3.12. The van der Waals surface area contributed by atoms with Gasteiger partial charge in [0.25, 0.3) is 0 Å². The number of hydrogen-bond acceptors (Lipinski definition) is 3. The Hall–Kier alpha value is -1.84. The number of anilines is 1. The van der Waals surface area contributed by atoms with Crippen LogP contribution in [0.5, 0.6) is 0 Å². The Labute approximate surface area is 100 Å². The van der Waals surface area contributed by atoms with Gasteiger partial charge in [0.05, 0.1) is 11.3 Å². The van der Waals surface area contributed by atoms with Crippen LogP contribution < -0.4 is 5.43 Å². The molecule has 1 aromatic rings. The summed E-state index contributed by atoms with van der Waals surface area (Å²) in [6.45, 7) is 0. The molecular weight excluding hydrogens is 216 g/mol. The fourth-order valence-corrected chi connectivity index (χ4v) is 1.94. The average Bonchev–Trinajstić information content (AvgIpc) is 2.38. The number of hydrogen-bond donors (Lipinski definition) is 2. The molecule has 0 unspecified atom stereocenters. The molecular formula is C13H16N2O2. The maximum Gasteiger partial charge on any atom is 0.335 e. The summed E-state index contributed by atoms with van der Waals surface area (Å²) in [5, 5.41) is 13.2. The van der Waals surface area contributed by atoms with E-state index in [1.54, 1.807) is 18.2 Å². The summed E-state index contributed by atoms with van der Waals surface area (Å²) in [5.41, 5.74) is 5.11. The number of benzene rings is 1. The molecule has 4 heteroatoms. The molecule has 0 atom stereocenters. The largest absolute Gasteiger partial charge is 0.478 e. The Morgan fingerprint density at radius 1 is 1.24 bits per heavy atom. The van der Waals surface area contributed by atoms with E-state index < -0.39 is 5.97 Å². The highest BCUT2D eigenvalue weighted by atomic mass is 16.4. The second-order valence-corrected chi connectivity index (χ2v) is 4.24. The number of rotatable bonds is 3. The standard InChI is InChI=1S/C13H16N2O2/c16-13(17)10-5-4-8-12(9-10)15-14-11-6-2-1-3-7-11/h4-5,8-9,15H,1-3,6-7H2,(H,16,17). The number of nitrogens with zero attached hydrogens (tertiary/aromatic N) is 1. The van der Waals surface area contributed by atoms with Crippen molar-refractivity contribution in [3.05, 3.63) is 29.8 Å². The zero-order valence-electron chi connectivity index (χ0n) is 9.65. The zero-order chi connectivity index (χ0) is 12.1. The highest BCUT2D eigenvalue weighted by molar-refractivity contribution is 5.89. The number of carboxylic acids is 1. The van der Waals surface area contributed by atoms with E-state index in [1.165, 1.54) is 25.0 Å². The molecule has 0 spiro atoms. The first-order valence-corrected chi connectivity index (χ1v) is 5.90. The van der Waals surface area contributed by atoms with Gasteiger partial charge in [0.15, 0.2) is 0 Å². The van der Waals surface area contributed by atoms with Crippen molar-refractivity contribution in [3.63, 3.8) is 0 Å². The highest BCUT2D eigenvalue weighted by Crippen LogP contribution is 2.16. The van der Waals surface area contributed by atoms with Crippen molar-refractivity contribution in [2.45, 2.75) is 32.1 Å². The molecule has 0 saturated heterocycles. The van der Waals surface area contributed by atoms with Crippen LogP contribution in [0.25, 0.3) is 0 Å². The van der Waals surface area contributed by atoms with Gasteiger partial charge < -0.3 is 5.11 Å². The van der Waals surface area contributed by atoms with E-state index in [0.29, 0.717) is 0 Å². The second-order valence-electron chi connectivity index (χ2n) is 4.24. The molecule has 2 rings (SSSR count). The van der Waals surface area contributed by atoms with E-state index in [0.717, 1.165) is 18.5 Å². The number of hydrazone groups is 1. The molecule has 1 fully saturated rings. The summed E-state index contributed by atoms with van der Waals surface area (Å²) in [6, 6.07) is 6.70. The molecule has 0 aromatic heterocycles. The minimum atomic E-state index is -0.918. The third-order valence-corrected chi connectivity index (χ3v) is 2.88. The lowest BCUT2D eigenvalue weighted by atomic mass is 9.99. The van der Waals surface area contributed by atoms with Crippen LogP contribution in [0.4, 0.5) is 5.69 Å². The van der Waals surface area contributed by atoms with Gasteiger partial charge in [-0.1, -0.05) is 12.5 Å². The van der Waals surface area contributed by atoms with Crippen molar-refractivity contribution in [2.24, 2.45) is 5.10 Å². The molecule has 90 valence electrons. The number of aromatic carboxylic acids is 1. The molecule has 1 aliphatic carbocycles. The molecule has 0 bridgehead atoms. The highest BCUT2D eigenvalue weighted by Gasteiger charge is 2.07.